The number of hydrogen-bond donors (Lipinski definition) is 0. The molecule has 1 saturated carbocycles. The topological polar surface area (TPSA) is 38.1 Å². The van der Waals surface area contributed by atoms with Crippen LogP contribution in [0.4, 0.5) is 8.78 Å². The van der Waals surface area contributed by atoms with E-state index in [1.807, 2.05) is 4.90 Å². The molecule has 1 amide bonds. The zero-order valence-corrected chi connectivity index (χ0v) is 17.6. The van der Waals surface area contributed by atoms with Crippen LogP contribution in [0, 0.1) is 0 Å². The van der Waals surface area contributed by atoms with E-state index in [1.54, 1.807) is 18.2 Å². The minimum atomic E-state index is -3.01. The summed E-state index contributed by atoms with van der Waals surface area (Å²) in [5.41, 5.74) is 0.282. The highest BCUT2D eigenvalue weighted by molar-refractivity contribution is 7.17. The smallest absolute Gasteiger partial charge is 0.286 e. The van der Waals surface area contributed by atoms with Gasteiger partial charge in [-0.05, 0) is 31.0 Å². The highest BCUT2D eigenvalue weighted by atomic mass is 32.1. The van der Waals surface area contributed by atoms with E-state index in [9.17, 15) is 13.6 Å². The van der Waals surface area contributed by atoms with Gasteiger partial charge < -0.3 is 4.90 Å². The van der Waals surface area contributed by atoms with Crippen LogP contribution >= 0.6 is 11.3 Å². The van der Waals surface area contributed by atoms with Gasteiger partial charge in [0.1, 0.15) is 11.4 Å². The molecule has 2 heterocycles. The van der Waals surface area contributed by atoms with Crippen molar-refractivity contribution >= 4 is 17.2 Å². The molecule has 1 fully saturated rings. The van der Waals surface area contributed by atoms with Gasteiger partial charge in [-0.2, -0.15) is 13.9 Å². The lowest BCUT2D eigenvalue weighted by Gasteiger charge is -2.33. The van der Waals surface area contributed by atoms with Crippen molar-refractivity contribution in [2.45, 2.75) is 57.5 Å². The lowest BCUT2D eigenvalue weighted by atomic mass is 9.94. The summed E-state index contributed by atoms with van der Waals surface area (Å²) in [5.74, 6) is -3.04. The predicted molar refractivity (Wildman–Crippen MR) is 113 cm³/mol. The Morgan fingerprint density at radius 2 is 2.03 bits per heavy atom. The van der Waals surface area contributed by atoms with Crippen molar-refractivity contribution in [3.63, 3.8) is 0 Å². The number of aromatic nitrogens is 2. The Kier molecular flexibility index (Phi) is 6.67. The minimum Gasteiger partial charge on any atom is -0.331 e. The molecule has 2 aromatic rings. The maximum Gasteiger partial charge on any atom is 0.286 e. The quantitative estimate of drug-likeness (QED) is 0.502. The fourth-order valence-electron chi connectivity index (χ4n) is 3.81. The summed E-state index contributed by atoms with van der Waals surface area (Å²) in [6, 6.07) is 5.17. The van der Waals surface area contributed by atoms with Gasteiger partial charge in [-0.3, -0.25) is 9.48 Å². The first-order valence-corrected chi connectivity index (χ1v) is 10.8. The van der Waals surface area contributed by atoms with E-state index >= 15 is 0 Å². The second-order valence-electron chi connectivity index (χ2n) is 7.48. The average Bonchev–Trinajstić information content (AvgIpc) is 3.33. The van der Waals surface area contributed by atoms with Gasteiger partial charge in [0.15, 0.2) is 0 Å². The van der Waals surface area contributed by atoms with E-state index in [0.717, 1.165) is 32.6 Å². The van der Waals surface area contributed by atoms with Gasteiger partial charge in [0.2, 0.25) is 0 Å². The van der Waals surface area contributed by atoms with Gasteiger partial charge in [-0.25, -0.2) is 0 Å². The fourth-order valence-corrected chi connectivity index (χ4v) is 4.73. The molecule has 0 aromatic carbocycles. The number of hydrogen-bond acceptors (Lipinski definition) is 3. The molecule has 0 atom stereocenters. The summed E-state index contributed by atoms with van der Waals surface area (Å²) in [4.78, 5) is 16.3. The molecule has 0 radical (unpaired) electrons. The number of halogens is 2. The first kappa shape index (κ1) is 21.4. The molecule has 2 aromatic heterocycles. The van der Waals surface area contributed by atoms with Crippen molar-refractivity contribution in [3.05, 3.63) is 54.1 Å². The molecular weight excluding hydrogens is 392 g/mol. The van der Waals surface area contributed by atoms with E-state index in [1.165, 1.54) is 34.6 Å². The Morgan fingerprint density at radius 3 is 2.66 bits per heavy atom. The predicted octanol–water partition coefficient (Wildman–Crippen LogP) is 5.87. The maximum absolute atomic E-state index is 13.9. The zero-order valence-electron chi connectivity index (χ0n) is 16.7. The second kappa shape index (κ2) is 9.03. The Balaban J connectivity index is 1.86. The number of carbonyl (C=O) groups is 1. The molecule has 4 nitrogen and oxygen atoms in total. The average molecular weight is 420 g/mol. The Bertz CT molecular complexity index is 875. The van der Waals surface area contributed by atoms with Crippen LogP contribution < -0.4 is 0 Å². The number of carbonyl (C=O) groups excluding carboxylic acids is 1. The molecule has 0 spiro atoms. The Morgan fingerprint density at radius 1 is 1.31 bits per heavy atom. The van der Waals surface area contributed by atoms with Crippen molar-refractivity contribution in [1.82, 2.24) is 14.7 Å². The number of amides is 1. The molecule has 0 aliphatic heterocycles. The molecule has 0 unspecified atom stereocenters. The largest absolute Gasteiger partial charge is 0.331 e. The number of allylic oxidation sites excluding steroid dienone is 1. The summed E-state index contributed by atoms with van der Waals surface area (Å²) in [6.45, 7) is 8.97. The molecule has 156 valence electrons. The van der Waals surface area contributed by atoms with Crippen LogP contribution in [-0.2, 0) is 12.5 Å². The van der Waals surface area contributed by atoms with E-state index in [2.05, 4.69) is 18.3 Å². The molecular formula is C22H27F2N3OS. The Hall–Kier alpha value is -2.28. The molecule has 29 heavy (non-hydrogen) atoms. The standard InChI is InChI=1S/C22H27F2N3OS/c1-4-13-26(16-9-7-6-8-10-16)21(28)19-12-11-18(29-19)17-15-20(22(3,23)24)27(25-17)14-5-2/h4-5,11-12,15-16H,1-2,6-10,13-14H2,3H3. The first-order chi connectivity index (χ1) is 13.8. The lowest BCUT2D eigenvalue weighted by Crippen LogP contribution is -2.41. The molecule has 0 N–H and O–H groups in total. The van der Waals surface area contributed by atoms with E-state index in [-0.39, 0.29) is 24.2 Å². The van der Waals surface area contributed by atoms with Gasteiger partial charge in [-0.1, -0.05) is 31.4 Å². The third kappa shape index (κ3) is 4.83. The number of alkyl halides is 2. The van der Waals surface area contributed by atoms with Crippen molar-refractivity contribution < 1.29 is 13.6 Å². The van der Waals surface area contributed by atoms with E-state index in [4.69, 9.17) is 0 Å². The van der Waals surface area contributed by atoms with Crippen molar-refractivity contribution in [2.75, 3.05) is 6.54 Å². The van der Waals surface area contributed by atoms with Crippen molar-refractivity contribution in [2.24, 2.45) is 0 Å². The molecule has 1 aliphatic rings. The second-order valence-corrected chi connectivity index (χ2v) is 8.56. The highest BCUT2D eigenvalue weighted by Gasteiger charge is 2.31. The minimum absolute atomic E-state index is 0.0281. The number of rotatable bonds is 8. The maximum atomic E-state index is 13.9. The number of thiophene rings is 1. The zero-order chi connectivity index (χ0) is 21.0. The van der Waals surface area contributed by atoms with Gasteiger partial charge in [0.25, 0.3) is 11.8 Å². The molecule has 1 aliphatic carbocycles. The van der Waals surface area contributed by atoms with Crippen LogP contribution in [0.25, 0.3) is 10.6 Å². The summed E-state index contributed by atoms with van der Waals surface area (Å²) in [5, 5.41) is 4.32. The van der Waals surface area contributed by atoms with Gasteiger partial charge in [0.05, 0.1) is 16.3 Å². The van der Waals surface area contributed by atoms with Crippen LogP contribution in [-0.4, -0.2) is 33.2 Å². The molecule has 0 saturated heterocycles. The normalized spacial score (nSPS) is 15.3. The number of nitrogens with zero attached hydrogens (tertiary/aromatic N) is 3. The molecule has 7 heteroatoms. The SMILES string of the molecule is C=CCN(C(=O)c1ccc(-c2cc(C(C)(F)F)n(CC=C)n2)s1)C1CCCCC1. The van der Waals surface area contributed by atoms with Crippen LogP contribution in [0.1, 0.15) is 54.4 Å². The Labute approximate surface area is 174 Å². The van der Waals surface area contributed by atoms with Crippen LogP contribution in [0.3, 0.4) is 0 Å². The van der Waals surface area contributed by atoms with Gasteiger partial charge in [-0.15, -0.1) is 24.5 Å². The van der Waals surface area contributed by atoms with Crippen LogP contribution in [0.15, 0.2) is 43.5 Å². The van der Waals surface area contributed by atoms with Gasteiger partial charge in [0, 0.05) is 19.5 Å². The molecule has 3 rings (SSSR count). The summed E-state index contributed by atoms with van der Waals surface area (Å²) < 4.78 is 29.1. The third-order valence-corrected chi connectivity index (χ3v) is 6.30. The van der Waals surface area contributed by atoms with Crippen LogP contribution in [0.2, 0.25) is 0 Å². The summed E-state index contributed by atoms with van der Waals surface area (Å²) in [7, 11) is 0. The van der Waals surface area contributed by atoms with E-state index in [0.29, 0.717) is 22.0 Å². The lowest BCUT2D eigenvalue weighted by molar-refractivity contribution is 0.00826. The first-order valence-electron chi connectivity index (χ1n) is 9.94. The van der Waals surface area contributed by atoms with Crippen LogP contribution in [0.5, 0.6) is 0 Å². The van der Waals surface area contributed by atoms with Crippen molar-refractivity contribution in [3.8, 4) is 10.6 Å². The highest BCUT2D eigenvalue weighted by Crippen LogP contribution is 2.34. The molecule has 0 bridgehead atoms. The summed E-state index contributed by atoms with van der Waals surface area (Å²) in [6.07, 6.45) is 8.80. The van der Waals surface area contributed by atoms with Gasteiger partial charge >= 0.3 is 0 Å². The van der Waals surface area contributed by atoms with E-state index < -0.39 is 5.92 Å². The fraction of sp³-hybridized carbons (Fsp3) is 0.455. The summed E-state index contributed by atoms with van der Waals surface area (Å²) >= 11 is 1.29. The third-order valence-electron chi connectivity index (χ3n) is 5.20. The van der Waals surface area contributed by atoms with Crippen molar-refractivity contribution in [1.29, 1.82) is 0 Å². The monoisotopic (exact) mass is 419 g/mol.